The van der Waals surface area contributed by atoms with E-state index in [2.05, 4.69) is 13.8 Å². The summed E-state index contributed by atoms with van der Waals surface area (Å²) in [6.07, 6.45) is 3.34. The average Bonchev–Trinajstić information content (AvgIpc) is 2.66. The fourth-order valence-electron chi connectivity index (χ4n) is 4.28. The largest absolute Gasteiger partial charge is 0.299 e. The van der Waals surface area contributed by atoms with Crippen LogP contribution in [0.15, 0.2) is 65.7 Å². The molecule has 0 amide bonds. The van der Waals surface area contributed by atoms with Gasteiger partial charge >= 0.3 is 0 Å². The van der Waals surface area contributed by atoms with Crippen molar-refractivity contribution in [2.24, 2.45) is 16.3 Å². The van der Waals surface area contributed by atoms with E-state index in [1.807, 2.05) is 36.4 Å². The van der Waals surface area contributed by atoms with E-state index in [1.54, 1.807) is 12.1 Å². The summed E-state index contributed by atoms with van der Waals surface area (Å²) >= 11 is 0. The average molecular weight is 374 g/mol. The molecule has 0 radical (unpaired) electrons. The van der Waals surface area contributed by atoms with Gasteiger partial charge in [-0.1, -0.05) is 56.3 Å². The number of Topliss-reactive ketones (excluding diaryl/α,β-unsaturated/α-hetero) is 1. The molecule has 0 saturated heterocycles. The van der Waals surface area contributed by atoms with Crippen molar-refractivity contribution in [2.45, 2.75) is 32.6 Å². The van der Waals surface area contributed by atoms with Crippen LogP contribution < -0.4 is 0 Å². The number of non-ortho nitro benzene ring substituents is 1. The Morgan fingerprint density at radius 1 is 1.04 bits per heavy atom. The lowest BCUT2D eigenvalue weighted by molar-refractivity contribution is -0.384. The van der Waals surface area contributed by atoms with Crippen molar-refractivity contribution in [1.82, 2.24) is 0 Å². The van der Waals surface area contributed by atoms with E-state index in [1.165, 1.54) is 12.1 Å². The van der Waals surface area contributed by atoms with Crippen LogP contribution in [0.1, 0.15) is 43.7 Å². The van der Waals surface area contributed by atoms with E-state index in [4.69, 9.17) is 4.99 Å². The van der Waals surface area contributed by atoms with Gasteiger partial charge in [0.2, 0.25) is 0 Å². The van der Waals surface area contributed by atoms with Crippen LogP contribution in [0.2, 0.25) is 0 Å². The Bertz CT molecular complexity index is 988. The van der Waals surface area contributed by atoms with Gasteiger partial charge < -0.3 is 0 Å². The Morgan fingerprint density at radius 3 is 2.36 bits per heavy atom. The maximum Gasteiger partial charge on any atom is 0.269 e. The van der Waals surface area contributed by atoms with E-state index >= 15 is 0 Å². The number of carbonyl (C=O) groups excluding carboxylic acids is 1. The van der Waals surface area contributed by atoms with Crippen LogP contribution in [-0.4, -0.2) is 16.4 Å². The molecule has 1 aliphatic carbocycles. The minimum atomic E-state index is -0.406. The molecular weight excluding hydrogens is 352 g/mol. The number of hydrogen-bond donors (Lipinski definition) is 0. The molecule has 5 heteroatoms. The number of rotatable bonds is 3. The lowest BCUT2D eigenvalue weighted by atomic mass is 9.65. The standard InChI is InChI=1S/C23H22N2O3/c1-23(2)13-20-22(21(26)14-23)18(15-8-10-17(11-9-15)25(27)28)12-19(24-20)16-6-4-3-5-7-16/h3-12,18,22H,13-14H2,1-2H3. The Balaban J connectivity index is 1.81. The normalized spacial score (nSPS) is 23.4. The van der Waals surface area contributed by atoms with Crippen molar-refractivity contribution in [3.63, 3.8) is 0 Å². The van der Waals surface area contributed by atoms with Gasteiger partial charge in [0, 0.05) is 30.2 Å². The molecule has 2 aliphatic rings. The molecule has 0 spiro atoms. The number of carbonyl (C=O) groups is 1. The number of nitro benzene ring substituents is 1. The molecule has 2 unspecified atom stereocenters. The Hall–Kier alpha value is -3.08. The lowest BCUT2D eigenvalue weighted by Gasteiger charge is -2.39. The Kier molecular flexibility index (Phi) is 4.46. The van der Waals surface area contributed by atoms with Crippen LogP contribution in [0.4, 0.5) is 5.69 Å². The lowest BCUT2D eigenvalue weighted by Crippen LogP contribution is -2.41. The molecule has 0 N–H and O–H groups in total. The molecule has 1 fully saturated rings. The molecule has 0 bridgehead atoms. The second-order valence-corrected chi connectivity index (χ2v) is 8.36. The minimum absolute atomic E-state index is 0.0526. The van der Waals surface area contributed by atoms with Crippen molar-refractivity contribution in [3.05, 3.63) is 81.9 Å². The number of benzene rings is 2. The zero-order valence-corrected chi connectivity index (χ0v) is 16.0. The zero-order chi connectivity index (χ0) is 19.9. The predicted octanol–water partition coefficient (Wildman–Crippen LogP) is 5.18. The summed E-state index contributed by atoms with van der Waals surface area (Å²) in [5, 5.41) is 11.0. The number of ketones is 1. The fraction of sp³-hybridized carbons (Fsp3) is 0.304. The van der Waals surface area contributed by atoms with E-state index in [0.717, 1.165) is 29.0 Å². The number of nitro groups is 1. The first kappa shape index (κ1) is 18.3. The maximum atomic E-state index is 13.0. The summed E-state index contributed by atoms with van der Waals surface area (Å²) in [6.45, 7) is 4.20. The monoisotopic (exact) mass is 374 g/mol. The Labute approximate surface area is 164 Å². The molecule has 2 aromatic rings. The van der Waals surface area contributed by atoms with Gasteiger partial charge in [-0.3, -0.25) is 19.9 Å². The van der Waals surface area contributed by atoms with Gasteiger partial charge in [0.25, 0.3) is 5.69 Å². The van der Waals surface area contributed by atoms with Gasteiger partial charge in [0.05, 0.1) is 16.5 Å². The molecule has 1 saturated carbocycles. The molecule has 2 atom stereocenters. The summed E-state index contributed by atoms with van der Waals surface area (Å²) in [6, 6.07) is 16.5. The molecule has 142 valence electrons. The summed E-state index contributed by atoms with van der Waals surface area (Å²) < 4.78 is 0. The fourth-order valence-corrected chi connectivity index (χ4v) is 4.28. The molecular formula is C23H22N2O3. The number of fused-ring (bicyclic) bond motifs is 1. The van der Waals surface area contributed by atoms with Crippen LogP contribution in [0.25, 0.3) is 5.70 Å². The summed E-state index contributed by atoms with van der Waals surface area (Å²) in [4.78, 5) is 28.5. The molecule has 4 rings (SSSR count). The zero-order valence-electron chi connectivity index (χ0n) is 16.0. The quantitative estimate of drug-likeness (QED) is 0.549. The first-order valence-electron chi connectivity index (χ1n) is 9.46. The highest BCUT2D eigenvalue weighted by Gasteiger charge is 2.43. The van der Waals surface area contributed by atoms with Crippen molar-refractivity contribution in [2.75, 3.05) is 0 Å². The van der Waals surface area contributed by atoms with Crippen molar-refractivity contribution < 1.29 is 9.72 Å². The van der Waals surface area contributed by atoms with E-state index in [-0.39, 0.29) is 28.7 Å². The highest BCUT2D eigenvalue weighted by molar-refractivity contribution is 6.11. The summed E-state index contributed by atoms with van der Waals surface area (Å²) in [5.74, 6) is -0.254. The summed E-state index contributed by atoms with van der Waals surface area (Å²) in [7, 11) is 0. The highest BCUT2D eigenvalue weighted by Crippen LogP contribution is 2.45. The molecule has 28 heavy (non-hydrogen) atoms. The number of allylic oxidation sites excluding steroid dienone is 1. The third-order valence-electron chi connectivity index (χ3n) is 5.54. The smallest absolute Gasteiger partial charge is 0.269 e. The molecule has 0 aromatic heterocycles. The first-order chi connectivity index (χ1) is 13.3. The van der Waals surface area contributed by atoms with Gasteiger partial charge in [-0.05, 0) is 29.0 Å². The van der Waals surface area contributed by atoms with Crippen molar-refractivity contribution >= 4 is 22.9 Å². The Morgan fingerprint density at radius 2 is 1.71 bits per heavy atom. The van der Waals surface area contributed by atoms with E-state index in [9.17, 15) is 14.9 Å². The molecule has 2 aromatic carbocycles. The third-order valence-corrected chi connectivity index (χ3v) is 5.54. The number of hydrogen-bond acceptors (Lipinski definition) is 4. The molecule has 1 aliphatic heterocycles. The first-order valence-corrected chi connectivity index (χ1v) is 9.46. The second-order valence-electron chi connectivity index (χ2n) is 8.36. The molecule has 1 heterocycles. The van der Waals surface area contributed by atoms with Gasteiger partial charge in [0.15, 0.2) is 0 Å². The van der Waals surface area contributed by atoms with Crippen LogP contribution in [0.5, 0.6) is 0 Å². The highest BCUT2D eigenvalue weighted by atomic mass is 16.6. The van der Waals surface area contributed by atoms with Crippen LogP contribution in [0, 0.1) is 21.4 Å². The van der Waals surface area contributed by atoms with Gasteiger partial charge in [-0.25, -0.2) is 0 Å². The summed E-state index contributed by atoms with van der Waals surface area (Å²) in [5.41, 5.74) is 3.65. The van der Waals surface area contributed by atoms with Crippen LogP contribution in [0.3, 0.4) is 0 Å². The van der Waals surface area contributed by atoms with E-state index in [0.29, 0.717) is 6.42 Å². The maximum absolute atomic E-state index is 13.0. The number of aliphatic imine (C=N–C) groups is 1. The molecule has 5 nitrogen and oxygen atoms in total. The topological polar surface area (TPSA) is 72.6 Å². The minimum Gasteiger partial charge on any atom is -0.299 e. The van der Waals surface area contributed by atoms with Crippen LogP contribution in [-0.2, 0) is 4.79 Å². The van der Waals surface area contributed by atoms with Crippen molar-refractivity contribution in [3.8, 4) is 0 Å². The third kappa shape index (κ3) is 3.40. The van der Waals surface area contributed by atoms with Gasteiger partial charge in [-0.15, -0.1) is 0 Å². The van der Waals surface area contributed by atoms with Crippen LogP contribution >= 0.6 is 0 Å². The second kappa shape index (κ2) is 6.82. The van der Waals surface area contributed by atoms with E-state index < -0.39 is 4.92 Å². The SMILES string of the molecule is CC1(C)CC(=O)C2C(=NC(c3ccccc3)=CC2c2ccc([N+](=O)[O-])cc2)C1. The van der Waals surface area contributed by atoms with Gasteiger partial charge in [0.1, 0.15) is 5.78 Å². The number of nitrogens with zero attached hydrogens (tertiary/aromatic N) is 2. The van der Waals surface area contributed by atoms with Crippen molar-refractivity contribution in [1.29, 1.82) is 0 Å². The van der Waals surface area contributed by atoms with Gasteiger partial charge in [-0.2, -0.15) is 0 Å². The predicted molar refractivity (Wildman–Crippen MR) is 109 cm³/mol.